The predicted octanol–water partition coefficient (Wildman–Crippen LogP) is 4.48. The number of hydrogen-bond acceptors (Lipinski definition) is 4. The van der Waals surface area contributed by atoms with Crippen molar-refractivity contribution in [2.45, 2.75) is 6.92 Å². The summed E-state index contributed by atoms with van der Waals surface area (Å²) in [6.07, 6.45) is 3.17. The fourth-order valence-corrected chi connectivity index (χ4v) is 2.34. The summed E-state index contributed by atoms with van der Waals surface area (Å²) in [5.41, 5.74) is 3.05. The number of carbonyl (C=O) groups is 1. The zero-order valence-electron chi connectivity index (χ0n) is 13.9. The van der Waals surface area contributed by atoms with E-state index >= 15 is 0 Å². The Labute approximate surface area is 146 Å². The smallest absolute Gasteiger partial charge is 0.257 e. The fraction of sp³-hybridized carbons (Fsp3) is 0.100. The van der Waals surface area contributed by atoms with Crippen LogP contribution in [0.1, 0.15) is 17.3 Å². The van der Waals surface area contributed by atoms with E-state index in [0.29, 0.717) is 12.2 Å². The number of nitrogens with one attached hydrogen (secondary N) is 2. The molecule has 3 rings (SSSR count). The van der Waals surface area contributed by atoms with Gasteiger partial charge < -0.3 is 15.4 Å². The van der Waals surface area contributed by atoms with Gasteiger partial charge in [0, 0.05) is 23.8 Å². The number of anilines is 3. The topological polar surface area (TPSA) is 63.2 Å². The van der Waals surface area contributed by atoms with Gasteiger partial charge in [-0.25, -0.2) is 0 Å². The first-order chi connectivity index (χ1) is 12.3. The van der Waals surface area contributed by atoms with Crippen molar-refractivity contribution in [1.29, 1.82) is 0 Å². The maximum Gasteiger partial charge on any atom is 0.257 e. The van der Waals surface area contributed by atoms with Crippen molar-refractivity contribution < 1.29 is 9.53 Å². The van der Waals surface area contributed by atoms with Crippen molar-refractivity contribution in [3.05, 3.63) is 78.6 Å². The molecule has 0 saturated heterocycles. The first-order valence-electron chi connectivity index (χ1n) is 8.06. The first-order valence-corrected chi connectivity index (χ1v) is 8.06. The zero-order chi connectivity index (χ0) is 17.5. The molecule has 0 unspecified atom stereocenters. The molecular formula is C20H19N3O2. The van der Waals surface area contributed by atoms with Gasteiger partial charge in [0.15, 0.2) is 0 Å². The Morgan fingerprint density at radius 1 is 1.00 bits per heavy atom. The van der Waals surface area contributed by atoms with Crippen LogP contribution in [0, 0.1) is 0 Å². The third-order valence-electron chi connectivity index (χ3n) is 3.53. The van der Waals surface area contributed by atoms with E-state index in [9.17, 15) is 4.79 Å². The average Bonchev–Trinajstić information content (AvgIpc) is 2.66. The summed E-state index contributed by atoms with van der Waals surface area (Å²) < 4.78 is 5.61. The highest BCUT2D eigenvalue weighted by molar-refractivity contribution is 6.04. The van der Waals surface area contributed by atoms with E-state index in [1.54, 1.807) is 18.3 Å². The van der Waals surface area contributed by atoms with Crippen LogP contribution in [-0.2, 0) is 0 Å². The molecule has 0 fully saturated rings. The molecule has 5 heteroatoms. The third kappa shape index (κ3) is 4.35. The molecule has 0 aliphatic heterocycles. The lowest BCUT2D eigenvalue weighted by Crippen LogP contribution is -2.11. The van der Waals surface area contributed by atoms with Crippen molar-refractivity contribution >= 4 is 23.0 Å². The van der Waals surface area contributed by atoms with E-state index in [0.717, 1.165) is 22.8 Å². The number of rotatable bonds is 6. The largest absolute Gasteiger partial charge is 0.492 e. The van der Waals surface area contributed by atoms with Crippen LogP contribution in [0.25, 0.3) is 0 Å². The number of carbonyl (C=O) groups excluding carboxylic acids is 1. The highest BCUT2D eigenvalue weighted by Gasteiger charge is 2.06. The van der Waals surface area contributed by atoms with Gasteiger partial charge in [0.25, 0.3) is 5.91 Å². The van der Waals surface area contributed by atoms with Crippen LogP contribution >= 0.6 is 0 Å². The maximum atomic E-state index is 12.1. The number of ether oxygens (including phenoxy) is 1. The number of amides is 1. The summed E-state index contributed by atoms with van der Waals surface area (Å²) in [5.74, 6) is 0.620. The summed E-state index contributed by atoms with van der Waals surface area (Å²) in [4.78, 5) is 16.1. The Balaban J connectivity index is 1.68. The molecule has 0 atom stereocenters. The molecular weight excluding hydrogens is 314 g/mol. The van der Waals surface area contributed by atoms with Gasteiger partial charge in [-0.05, 0) is 55.5 Å². The number of aromatic nitrogens is 1. The molecule has 0 aliphatic carbocycles. The van der Waals surface area contributed by atoms with E-state index in [-0.39, 0.29) is 5.91 Å². The Bertz CT molecular complexity index is 833. The lowest BCUT2D eigenvalue weighted by Gasteiger charge is -2.12. The molecule has 0 aliphatic rings. The van der Waals surface area contributed by atoms with E-state index in [1.807, 2.05) is 55.5 Å². The van der Waals surface area contributed by atoms with Crippen molar-refractivity contribution in [2.24, 2.45) is 0 Å². The molecule has 126 valence electrons. The Morgan fingerprint density at radius 3 is 2.48 bits per heavy atom. The van der Waals surface area contributed by atoms with Crippen LogP contribution in [0.3, 0.4) is 0 Å². The van der Waals surface area contributed by atoms with E-state index in [2.05, 4.69) is 15.6 Å². The van der Waals surface area contributed by atoms with Gasteiger partial charge in [0.05, 0.1) is 17.9 Å². The molecule has 1 heterocycles. The molecule has 0 radical (unpaired) electrons. The summed E-state index contributed by atoms with van der Waals surface area (Å²) in [5, 5.41) is 6.17. The number of pyridine rings is 1. The molecule has 3 aromatic rings. The van der Waals surface area contributed by atoms with Gasteiger partial charge in [0.2, 0.25) is 0 Å². The number of nitrogens with zero attached hydrogens (tertiary/aromatic N) is 1. The van der Waals surface area contributed by atoms with Crippen LogP contribution < -0.4 is 15.4 Å². The van der Waals surface area contributed by atoms with Crippen LogP contribution in [0.5, 0.6) is 5.75 Å². The highest BCUT2D eigenvalue weighted by Crippen LogP contribution is 2.28. The van der Waals surface area contributed by atoms with Gasteiger partial charge in [-0.1, -0.05) is 12.1 Å². The second kappa shape index (κ2) is 7.97. The van der Waals surface area contributed by atoms with Gasteiger partial charge in [0.1, 0.15) is 5.75 Å². The van der Waals surface area contributed by atoms with Crippen molar-refractivity contribution in [1.82, 2.24) is 4.98 Å². The second-order valence-corrected chi connectivity index (χ2v) is 5.33. The molecule has 2 N–H and O–H groups in total. The number of para-hydroxylation sites is 2. The number of hydrogen-bond donors (Lipinski definition) is 2. The molecule has 25 heavy (non-hydrogen) atoms. The van der Waals surface area contributed by atoms with Crippen LogP contribution in [0.2, 0.25) is 0 Å². The SMILES string of the molecule is CCOc1ccccc1Nc1ccc(NC(=O)c2cccnc2)cc1. The molecule has 0 saturated carbocycles. The average molecular weight is 333 g/mol. The zero-order valence-corrected chi connectivity index (χ0v) is 13.9. The number of benzene rings is 2. The van der Waals surface area contributed by atoms with E-state index < -0.39 is 0 Å². The summed E-state index contributed by atoms with van der Waals surface area (Å²) >= 11 is 0. The standard InChI is InChI=1S/C20H19N3O2/c1-2-25-19-8-4-3-7-18(19)22-16-9-11-17(12-10-16)23-20(24)15-6-5-13-21-14-15/h3-14,22H,2H2,1H3,(H,23,24). The minimum Gasteiger partial charge on any atom is -0.492 e. The molecule has 1 aromatic heterocycles. The third-order valence-corrected chi connectivity index (χ3v) is 3.53. The van der Waals surface area contributed by atoms with Gasteiger partial charge in [-0.15, -0.1) is 0 Å². The molecule has 1 amide bonds. The van der Waals surface area contributed by atoms with Crippen molar-refractivity contribution in [3.8, 4) is 5.75 Å². The normalized spacial score (nSPS) is 10.1. The molecule has 2 aromatic carbocycles. The maximum absolute atomic E-state index is 12.1. The lowest BCUT2D eigenvalue weighted by atomic mass is 10.2. The highest BCUT2D eigenvalue weighted by atomic mass is 16.5. The summed E-state index contributed by atoms with van der Waals surface area (Å²) in [7, 11) is 0. The Kier molecular flexibility index (Phi) is 5.26. The first kappa shape index (κ1) is 16.5. The lowest BCUT2D eigenvalue weighted by molar-refractivity contribution is 0.102. The van der Waals surface area contributed by atoms with Gasteiger partial charge >= 0.3 is 0 Å². The minimum absolute atomic E-state index is 0.185. The predicted molar refractivity (Wildman–Crippen MR) is 99.5 cm³/mol. The monoisotopic (exact) mass is 333 g/mol. The van der Waals surface area contributed by atoms with Crippen LogP contribution in [0.15, 0.2) is 73.1 Å². The van der Waals surface area contributed by atoms with Crippen LogP contribution in [0.4, 0.5) is 17.1 Å². The molecule has 0 bridgehead atoms. The Morgan fingerprint density at radius 2 is 1.76 bits per heavy atom. The summed E-state index contributed by atoms with van der Waals surface area (Å²) in [6.45, 7) is 2.56. The van der Waals surface area contributed by atoms with E-state index in [1.165, 1.54) is 6.20 Å². The van der Waals surface area contributed by atoms with E-state index in [4.69, 9.17) is 4.74 Å². The van der Waals surface area contributed by atoms with Gasteiger partial charge in [-0.2, -0.15) is 0 Å². The minimum atomic E-state index is -0.185. The van der Waals surface area contributed by atoms with Crippen molar-refractivity contribution in [3.63, 3.8) is 0 Å². The fourth-order valence-electron chi connectivity index (χ4n) is 2.34. The quantitative estimate of drug-likeness (QED) is 0.698. The van der Waals surface area contributed by atoms with Gasteiger partial charge in [-0.3, -0.25) is 9.78 Å². The molecule has 5 nitrogen and oxygen atoms in total. The van der Waals surface area contributed by atoms with Crippen molar-refractivity contribution in [2.75, 3.05) is 17.2 Å². The summed E-state index contributed by atoms with van der Waals surface area (Å²) in [6, 6.07) is 18.7. The second-order valence-electron chi connectivity index (χ2n) is 5.33. The Hall–Kier alpha value is -3.34. The van der Waals surface area contributed by atoms with Crippen LogP contribution in [-0.4, -0.2) is 17.5 Å². The molecule has 0 spiro atoms.